The number of aliphatic hydroxyl groups is 3. The van der Waals surface area contributed by atoms with E-state index in [4.69, 9.17) is 21.8 Å². The van der Waals surface area contributed by atoms with Crippen LogP contribution in [0.15, 0.2) is 22.7 Å². The fourth-order valence-electron chi connectivity index (χ4n) is 3.79. The molecule has 0 amide bonds. The first-order valence-corrected chi connectivity index (χ1v) is 9.75. The summed E-state index contributed by atoms with van der Waals surface area (Å²) in [7, 11) is 0. The van der Waals surface area contributed by atoms with E-state index in [1.165, 1.54) is 0 Å². The quantitative estimate of drug-likeness (QED) is 0.363. The van der Waals surface area contributed by atoms with Crippen LogP contribution in [0.5, 0.6) is 0 Å². The molecule has 9 nitrogen and oxygen atoms in total. The molecule has 1 fully saturated rings. The summed E-state index contributed by atoms with van der Waals surface area (Å²) in [6.07, 6.45) is 0.646. The van der Waals surface area contributed by atoms with Gasteiger partial charge in [0.25, 0.3) is 0 Å². The highest BCUT2D eigenvalue weighted by molar-refractivity contribution is 6.32. The summed E-state index contributed by atoms with van der Waals surface area (Å²) in [5, 5.41) is 33.9. The van der Waals surface area contributed by atoms with Gasteiger partial charge in [-0.05, 0) is 25.0 Å². The predicted octanol–water partition coefficient (Wildman–Crippen LogP) is 2.02. The van der Waals surface area contributed by atoms with E-state index in [2.05, 4.69) is 20.3 Å². The van der Waals surface area contributed by atoms with Crippen molar-refractivity contribution >= 4 is 46.7 Å². The van der Waals surface area contributed by atoms with Gasteiger partial charge in [-0.15, -0.1) is 12.4 Å². The number of aryl methyl sites for hydroxylation is 1. The molecule has 4 rings (SSSR count). The number of pyridine rings is 1. The van der Waals surface area contributed by atoms with Crippen molar-refractivity contribution in [1.29, 1.82) is 0 Å². The molecule has 1 aliphatic carbocycles. The maximum Gasteiger partial charge on any atom is 0.223 e. The van der Waals surface area contributed by atoms with Crippen LogP contribution in [0.2, 0.25) is 5.15 Å². The van der Waals surface area contributed by atoms with Crippen LogP contribution in [0, 0.1) is 5.92 Å². The number of nitrogens with two attached hydrogens (primary N) is 1. The number of anilines is 2. The van der Waals surface area contributed by atoms with Crippen molar-refractivity contribution in [1.82, 2.24) is 15.0 Å². The van der Waals surface area contributed by atoms with Crippen LogP contribution in [0.1, 0.15) is 19.0 Å². The first-order valence-electron chi connectivity index (χ1n) is 9.37. The number of nitrogen functional groups attached to an aromatic ring is 1. The van der Waals surface area contributed by atoms with Crippen LogP contribution >= 0.6 is 24.0 Å². The molecular formula is C19H23Cl2N5O4. The number of halogens is 2. The van der Waals surface area contributed by atoms with Crippen molar-refractivity contribution in [3.05, 3.63) is 29.2 Å². The lowest BCUT2D eigenvalue weighted by molar-refractivity contribution is 0.00446. The minimum absolute atomic E-state index is 0. The number of furan rings is 1. The van der Waals surface area contributed by atoms with Crippen molar-refractivity contribution in [3.8, 4) is 11.3 Å². The van der Waals surface area contributed by atoms with Crippen LogP contribution in [0.3, 0.4) is 0 Å². The number of aliphatic hydroxyl groups excluding tert-OH is 3. The molecule has 3 aromatic rings. The average Bonchev–Trinajstić information content (AvgIpc) is 3.23. The highest BCUT2D eigenvalue weighted by Gasteiger charge is 2.41. The molecule has 30 heavy (non-hydrogen) atoms. The smallest absolute Gasteiger partial charge is 0.223 e. The first kappa shape index (κ1) is 22.5. The Hall–Kier alpha value is -2.17. The van der Waals surface area contributed by atoms with E-state index in [9.17, 15) is 15.3 Å². The number of rotatable bonds is 5. The molecule has 6 N–H and O–H groups in total. The van der Waals surface area contributed by atoms with Crippen LogP contribution < -0.4 is 11.1 Å². The second-order valence-corrected chi connectivity index (χ2v) is 7.50. The Morgan fingerprint density at radius 2 is 2.07 bits per heavy atom. The number of nitrogens with one attached hydrogen (secondary N) is 1. The minimum Gasteiger partial charge on any atom is -0.454 e. The molecular weight excluding hydrogens is 433 g/mol. The number of hydrogen-bond donors (Lipinski definition) is 5. The SMILES string of the molecule is CCc1nccc2cc(-c3c(Cl)nc(N)nc3N[C@@H]3C[C@H](CO)[C@@H](O)[C@H]3O)oc12.Cl. The van der Waals surface area contributed by atoms with Gasteiger partial charge in [0.1, 0.15) is 22.8 Å². The van der Waals surface area contributed by atoms with E-state index in [0.29, 0.717) is 29.7 Å². The third-order valence-corrected chi connectivity index (χ3v) is 5.60. The van der Waals surface area contributed by atoms with Crippen molar-refractivity contribution in [2.75, 3.05) is 17.7 Å². The summed E-state index contributed by atoms with van der Waals surface area (Å²) in [5.74, 6) is 0.231. The van der Waals surface area contributed by atoms with Crippen molar-refractivity contribution in [2.24, 2.45) is 5.92 Å². The van der Waals surface area contributed by atoms with Gasteiger partial charge in [0.2, 0.25) is 5.95 Å². The molecule has 0 radical (unpaired) electrons. The van der Waals surface area contributed by atoms with Gasteiger partial charge in [-0.25, -0.2) is 4.98 Å². The molecule has 3 heterocycles. The van der Waals surface area contributed by atoms with Gasteiger partial charge in [0.15, 0.2) is 5.58 Å². The standard InChI is InChI=1S/C19H22ClN5O4.ClH/c1-2-10-16-8(3-4-22-10)6-12(29-16)13-17(20)24-19(21)25-18(13)23-11-5-9(7-26)14(27)15(11)28;/h3-4,6,9,11,14-15,26-28H,2,5,7H2,1H3,(H3,21,23,24,25);1H/t9-,11-,14-,15+;/m1./s1. The van der Waals surface area contributed by atoms with Crippen molar-refractivity contribution in [2.45, 2.75) is 38.0 Å². The number of fused-ring (bicyclic) bond motifs is 1. The van der Waals surface area contributed by atoms with Crippen LogP contribution in [0.25, 0.3) is 22.3 Å². The molecule has 3 aromatic heterocycles. The third kappa shape index (κ3) is 3.91. The van der Waals surface area contributed by atoms with E-state index in [-0.39, 0.29) is 35.9 Å². The maximum absolute atomic E-state index is 10.3. The van der Waals surface area contributed by atoms with Crippen LogP contribution in [-0.4, -0.2) is 55.1 Å². The van der Waals surface area contributed by atoms with E-state index < -0.39 is 24.2 Å². The van der Waals surface area contributed by atoms with Crippen molar-refractivity contribution in [3.63, 3.8) is 0 Å². The van der Waals surface area contributed by atoms with Crippen LogP contribution in [0.4, 0.5) is 11.8 Å². The molecule has 1 aliphatic rings. The second-order valence-electron chi connectivity index (χ2n) is 7.15. The van der Waals surface area contributed by atoms with Gasteiger partial charge in [-0.3, -0.25) is 4.98 Å². The Bertz CT molecular complexity index is 1050. The summed E-state index contributed by atoms with van der Waals surface area (Å²) >= 11 is 6.38. The van der Waals surface area contributed by atoms with Gasteiger partial charge >= 0.3 is 0 Å². The lowest BCUT2D eigenvalue weighted by Gasteiger charge is -2.20. The van der Waals surface area contributed by atoms with Gasteiger partial charge < -0.3 is 30.8 Å². The third-order valence-electron chi connectivity index (χ3n) is 5.33. The summed E-state index contributed by atoms with van der Waals surface area (Å²) in [4.78, 5) is 12.6. The van der Waals surface area contributed by atoms with Crippen LogP contribution in [-0.2, 0) is 6.42 Å². The van der Waals surface area contributed by atoms with Crippen molar-refractivity contribution < 1.29 is 19.7 Å². The summed E-state index contributed by atoms with van der Waals surface area (Å²) in [6.45, 7) is 1.76. The fraction of sp³-hybridized carbons (Fsp3) is 0.421. The zero-order valence-electron chi connectivity index (χ0n) is 16.1. The summed E-state index contributed by atoms with van der Waals surface area (Å²) in [5.41, 5.74) is 7.64. The molecule has 0 unspecified atom stereocenters. The zero-order valence-corrected chi connectivity index (χ0v) is 17.7. The Balaban J connectivity index is 0.00000256. The molecule has 0 spiro atoms. The topological polar surface area (TPSA) is 151 Å². The van der Waals surface area contributed by atoms with E-state index in [1.54, 1.807) is 6.20 Å². The van der Waals surface area contributed by atoms with Gasteiger partial charge in [-0.2, -0.15) is 4.98 Å². The molecule has 1 saturated carbocycles. The Morgan fingerprint density at radius 3 is 2.73 bits per heavy atom. The summed E-state index contributed by atoms with van der Waals surface area (Å²) < 4.78 is 6.03. The minimum atomic E-state index is -1.08. The molecule has 0 aromatic carbocycles. The number of hydrogen-bond acceptors (Lipinski definition) is 9. The lowest BCUT2D eigenvalue weighted by Crippen LogP contribution is -2.35. The van der Waals surface area contributed by atoms with E-state index in [1.807, 2.05) is 19.1 Å². The molecule has 4 atom stereocenters. The Kier molecular flexibility index (Phi) is 6.68. The maximum atomic E-state index is 10.3. The first-order chi connectivity index (χ1) is 13.9. The molecule has 162 valence electrons. The summed E-state index contributed by atoms with van der Waals surface area (Å²) in [6, 6.07) is 3.10. The molecule has 11 heteroatoms. The average molecular weight is 456 g/mol. The Morgan fingerprint density at radius 1 is 1.30 bits per heavy atom. The molecule has 0 bridgehead atoms. The monoisotopic (exact) mass is 455 g/mol. The largest absolute Gasteiger partial charge is 0.454 e. The van der Waals surface area contributed by atoms with Gasteiger partial charge in [-0.1, -0.05) is 18.5 Å². The second kappa shape index (κ2) is 8.91. The number of nitrogens with zero attached hydrogens (tertiary/aromatic N) is 3. The molecule has 0 aliphatic heterocycles. The highest BCUT2D eigenvalue weighted by atomic mass is 35.5. The predicted molar refractivity (Wildman–Crippen MR) is 116 cm³/mol. The highest BCUT2D eigenvalue weighted by Crippen LogP contribution is 2.39. The zero-order chi connectivity index (χ0) is 20.7. The van der Waals surface area contributed by atoms with Gasteiger partial charge in [0, 0.05) is 24.1 Å². The van der Waals surface area contributed by atoms with E-state index in [0.717, 1.165) is 11.1 Å². The molecule has 0 saturated heterocycles. The Labute approximate surface area is 183 Å². The van der Waals surface area contributed by atoms with E-state index >= 15 is 0 Å². The lowest BCUT2D eigenvalue weighted by atomic mass is 10.1. The normalized spacial score (nSPS) is 23.5. The fourth-order valence-corrected chi connectivity index (χ4v) is 4.06. The number of aromatic nitrogens is 3. The van der Waals surface area contributed by atoms with Gasteiger partial charge in [0.05, 0.1) is 23.4 Å².